The number of hydrogen-bond acceptors (Lipinski definition) is 3. The highest BCUT2D eigenvalue weighted by Crippen LogP contribution is 2.26. The summed E-state index contributed by atoms with van der Waals surface area (Å²) in [5.74, 6) is 0.874. The fraction of sp³-hybridized carbons (Fsp3) is 0.923. The lowest BCUT2D eigenvalue weighted by molar-refractivity contribution is -0.138. The van der Waals surface area contributed by atoms with Crippen LogP contribution < -0.4 is 5.32 Å². The third-order valence-electron chi connectivity index (χ3n) is 4.26. The molecule has 0 bridgehead atoms. The van der Waals surface area contributed by atoms with Crippen LogP contribution in [0.2, 0.25) is 0 Å². The Kier molecular flexibility index (Phi) is 4.40. The minimum Gasteiger partial charge on any atom is -0.480 e. The Morgan fingerprint density at radius 3 is 2.53 bits per heavy atom. The molecule has 0 amide bonds. The van der Waals surface area contributed by atoms with Gasteiger partial charge in [0.25, 0.3) is 0 Å². The molecule has 98 valence electrons. The molecular formula is C13H24N2O2. The summed E-state index contributed by atoms with van der Waals surface area (Å²) in [5.41, 5.74) is 0. The lowest BCUT2D eigenvalue weighted by atomic mass is 9.83. The largest absolute Gasteiger partial charge is 0.480 e. The van der Waals surface area contributed by atoms with Gasteiger partial charge in [-0.3, -0.25) is 9.69 Å². The zero-order chi connectivity index (χ0) is 12.3. The van der Waals surface area contributed by atoms with Gasteiger partial charge >= 0.3 is 5.97 Å². The Balaban J connectivity index is 1.73. The Labute approximate surface area is 103 Å². The molecule has 0 radical (unpaired) electrons. The maximum Gasteiger partial charge on any atom is 0.317 e. The Hall–Kier alpha value is -0.610. The molecule has 2 saturated heterocycles. The maximum absolute atomic E-state index is 10.6. The van der Waals surface area contributed by atoms with E-state index in [0.717, 1.165) is 44.3 Å². The van der Waals surface area contributed by atoms with Crippen molar-refractivity contribution >= 4 is 5.97 Å². The summed E-state index contributed by atoms with van der Waals surface area (Å²) < 4.78 is 0. The summed E-state index contributed by atoms with van der Waals surface area (Å²) in [6.45, 7) is 5.57. The summed E-state index contributed by atoms with van der Waals surface area (Å²) >= 11 is 0. The molecule has 17 heavy (non-hydrogen) atoms. The van der Waals surface area contributed by atoms with Crippen molar-refractivity contribution in [1.29, 1.82) is 0 Å². The van der Waals surface area contributed by atoms with E-state index in [-0.39, 0.29) is 6.54 Å². The predicted octanol–water partition coefficient (Wildman–Crippen LogP) is 1.17. The van der Waals surface area contributed by atoms with Gasteiger partial charge in [-0.2, -0.15) is 0 Å². The molecule has 0 saturated carbocycles. The topological polar surface area (TPSA) is 52.6 Å². The highest BCUT2D eigenvalue weighted by molar-refractivity contribution is 5.69. The van der Waals surface area contributed by atoms with E-state index < -0.39 is 5.97 Å². The third-order valence-corrected chi connectivity index (χ3v) is 4.26. The van der Waals surface area contributed by atoms with Crippen molar-refractivity contribution < 1.29 is 9.90 Å². The SMILES string of the molecule is CC1CCC(C2CCN(CC(=O)O)CC2)NC1. The Morgan fingerprint density at radius 1 is 1.29 bits per heavy atom. The fourth-order valence-corrected chi connectivity index (χ4v) is 3.13. The van der Waals surface area contributed by atoms with Gasteiger partial charge < -0.3 is 10.4 Å². The molecule has 0 spiro atoms. The number of nitrogens with zero attached hydrogens (tertiary/aromatic N) is 1. The predicted molar refractivity (Wildman–Crippen MR) is 67.0 cm³/mol. The summed E-state index contributed by atoms with van der Waals surface area (Å²) in [6.07, 6.45) is 4.94. The first-order chi connectivity index (χ1) is 8.15. The van der Waals surface area contributed by atoms with Crippen molar-refractivity contribution in [2.24, 2.45) is 11.8 Å². The molecule has 0 aliphatic carbocycles. The maximum atomic E-state index is 10.6. The zero-order valence-electron chi connectivity index (χ0n) is 10.7. The van der Waals surface area contributed by atoms with E-state index in [4.69, 9.17) is 5.11 Å². The number of hydrogen-bond donors (Lipinski definition) is 2. The molecule has 2 aliphatic rings. The molecule has 2 rings (SSSR count). The highest BCUT2D eigenvalue weighted by Gasteiger charge is 2.29. The molecule has 0 aromatic carbocycles. The van der Waals surface area contributed by atoms with Gasteiger partial charge in [0.2, 0.25) is 0 Å². The van der Waals surface area contributed by atoms with E-state index in [2.05, 4.69) is 17.1 Å². The van der Waals surface area contributed by atoms with Crippen LogP contribution >= 0.6 is 0 Å². The van der Waals surface area contributed by atoms with E-state index in [9.17, 15) is 4.79 Å². The molecule has 2 heterocycles. The normalized spacial score (nSPS) is 32.5. The van der Waals surface area contributed by atoms with Crippen LogP contribution in [0.1, 0.15) is 32.6 Å². The average Bonchev–Trinajstić information content (AvgIpc) is 2.30. The molecule has 4 nitrogen and oxygen atoms in total. The number of piperidine rings is 2. The van der Waals surface area contributed by atoms with Gasteiger partial charge in [0, 0.05) is 6.04 Å². The van der Waals surface area contributed by atoms with Gasteiger partial charge in [-0.05, 0) is 57.2 Å². The molecule has 4 heteroatoms. The van der Waals surface area contributed by atoms with E-state index >= 15 is 0 Å². The molecule has 0 aromatic rings. The standard InChI is InChI=1S/C13H24N2O2/c1-10-2-3-12(14-8-10)11-4-6-15(7-5-11)9-13(16)17/h10-12,14H,2-9H2,1H3,(H,16,17). The van der Waals surface area contributed by atoms with E-state index in [1.807, 2.05) is 0 Å². The van der Waals surface area contributed by atoms with E-state index in [1.54, 1.807) is 0 Å². The monoisotopic (exact) mass is 240 g/mol. The minimum atomic E-state index is -0.701. The number of carbonyl (C=O) groups is 1. The molecule has 2 aliphatic heterocycles. The van der Waals surface area contributed by atoms with Crippen LogP contribution in [0.4, 0.5) is 0 Å². The zero-order valence-corrected chi connectivity index (χ0v) is 10.7. The van der Waals surface area contributed by atoms with Gasteiger partial charge in [0.1, 0.15) is 0 Å². The van der Waals surface area contributed by atoms with Gasteiger partial charge in [0.05, 0.1) is 6.54 Å². The van der Waals surface area contributed by atoms with Crippen LogP contribution in [0.25, 0.3) is 0 Å². The minimum absolute atomic E-state index is 0.210. The number of carboxylic acids is 1. The van der Waals surface area contributed by atoms with Crippen LogP contribution in [0.3, 0.4) is 0 Å². The van der Waals surface area contributed by atoms with Gasteiger partial charge in [-0.25, -0.2) is 0 Å². The average molecular weight is 240 g/mol. The van der Waals surface area contributed by atoms with Crippen molar-refractivity contribution in [3.05, 3.63) is 0 Å². The Bertz CT molecular complexity index is 254. The second-order valence-electron chi connectivity index (χ2n) is 5.70. The highest BCUT2D eigenvalue weighted by atomic mass is 16.4. The Morgan fingerprint density at radius 2 is 2.00 bits per heavy atom. The van der Waals surface area contributed by atoms with Crippen LogP contribution in [-0.4, -0.2) is 48.2 Å². The van der Waals surface area contributed by atoms with E-state index in [1.165, 1.54) is 12.8 Å². The van der Waals surface area contributed by atoms with E-state index in [0.29, 0.717) is 6.04 Å². The number of rotatable bonds is 3. The summed E-state index contributed by atoms with van der Waals surface area (Å²) in [5, 5.41) is 12.4. The van der Waals surface area contributed by atoms with Crippen LogP contribution in [0.5, 0.6) is 0 Å². The van der Waals surface area contributed by atoms with Crippen molar-refractivity contribution in [3.8, 4) is 0 Å². The summed E-state index contributed by atoms with van der Waals surface area (Å²) in [6, 6.07) is 0.679. The first-order valence-electron chi connectivity index (χ1n) is 6.82. The summed E-state index contributed by atoms with van der Waals surface area (Å²) in [4.78, 5) is 12.7. The van der Waals surface area contributed by atoms with Gasteiger partial charge in [-0.15, -0.1) is 0 Å². The molecule has 2 atom stereocenters. The molecular weight excluding hydrogens is 216 g/mol. The summed E-state index contributed by atoms with van der Waals surface area (Å²) in [7, 11) is 0. The molecule has 0 aromatic heterocycles. The van der Waals surface area contributed by atoms with Crippen molar-refractivity contribution in [2.75, 3.05) is 26.2 Å². The van der Waals surface area contributed by atoms with Gasteiger partial charge in [-0.1, -0.05) is 6.92 Å². The number of likely N-dealkylation sites (tertiary alicyclic amines) is 1. The smallest absolute Gasteiger partial charge is 0.317 e. The number of nitrogens with one attached hydrogen (secondary N) is 1. The first-order valence-corrected chi connectivity index (χ1v) is 6.82. The third kappa shape index (κ3) is 3.68. The first kappa shape index (κ1) is 12.8. The molecule has 2 N–H and O–H groups in total. The van der Waals surface area contributed by atoms with Crippen molar-refractivity contribution in [3.63, 3.8) is 0 Å². The van der Waals surface area contributed by atoms with Crippen molar-refractivity contribution in [1.82, 2.24) is 10.2 Å². The lowest BCUT2D eigenvalue weighted by Gasteiger charge is -2.38. The van der Waals surface area contributed by atoms with Crippen molar-refractivity contribution in [2.45, 2.75) is 38.6 Å². The second kappa shape index (κ2) is 5.83. The lowest BCUT2D eigenvalue weighted by Crippen LogP contribution is -2.47. The molecule has 2 unspecified atom stereocenters. The van der Waals surface area contributed by atoms with Crippen LogP contribution in [0.15, 0.2) is 0 Å². The number of aliphatic carboxylic acids is 1. The number of carboxylic acid groups (broad SMARTS) is 1. The van der Waals surface area contributed by atoms with Crippen LogP contribution in [-0.2, 0) is 4.79 Å². The second-order valence-corrected chi connectivity index (χ2v) is 5.70. The fourth-order valence-electron chi connectivity index (χ4n) is 3.13. The van der Waals surface area contributed by atoms with Crippen LogP contribution in [0, 0.1) is 11.8 Å². The quantitative estimate of drug-likeness (QED) is 0.777. The van der Waals surface area contributed by atoms with Gasteiger partial charge in [0.15, 0.2) is 0 Å². The molecule has 2 fully saturated rings.